The SMILES string of the molecule is CC(C)Cc1ccc(CC(C)C)o1. The summed E-state index contributed by atoms with van der Waals surface area (Å²) in [5.74, 6) is 3.62. The maximum Gasteiger partial charge on any atom is 0.104 e. The van der Waals surface area contributed by atoms with Crippen LogP contribution in [0.25, 0.3) is 0 Å². The number of furan rings is 1. The molecule has 1 nitrogen and oxygen atoms in total. The number of hydrogen-bond donors (Lipinski definition) is 0. The average molecular weight is 180 g/mol. The Balaban J connectivity index is 2.53. The van der Waals surface area contributed by atoms with E-state index in [1.165, 1.54) is 0 Å². The molecule has 0 amide bonds. The molecule has 74 valence electrons. The fraction of sp³-hybridized carbons (Fsp3) is 0.667. The minimum Gasteiger partial charge on any atom is -0.466 e. The Morgan fingerprint density at radius 2 is 1.31 bits per heavy atom. The Bertz CT molecular complexity index is 221. The van der Waals surface area contributed by atoms with Crippen molar-refractivity contribution in [2.75, 3.05) is 0 Å². The maximum absolute atomic E-state index is 5.71. The van der Waals surface area contributed by atoms with Gasteiger partial charge in [0, 0.05) is 12.8 Å². The molecule has 0 aliphatic rings. The topological polar surface area (TPSA) is 13.1 Å². The minimum atomic E-state index is 0.679. The van der Waals surface area contributed by atoms with E-state index in [9.17, 15) is 0 Å². The molecule has 0 aromatic carbocycles. The predicted octanol–water partition coefficient (Wildman–Crippen LogP) is 3.68. The molecule has 0 radical (unpaired) electrons. The lowest BCUT2D eigenvalue weighted by atomic mass is 10.1. The summed E-state index contributed by atoms with van der Waals surface area (Å²) in [6, 6.07) is 4.22. The van der Waals surface area contributed by atoms with Crippen LogP contribution in [0.5, 0.6) is 0 Å². The highest BCUT2D eigenvalue weighted by molar-refractivity contribution is 5.08. The molecular weight excluding hydrogens is 160 g/mol. The van der Waals surface area contributed by atoms with Gasteiger partial charge in [0.15, 0.2) is 0 Å². The molecule has 1 heteroatoms. The minimum absolute atomic E-state index is 0.679. The highest BCUT2D eigenvalue weighted by Crippen LogP contribution is 2.15. The van der Waals surface area contributed by atoms with Crippen molar-refractivity contribution in [3.05, 3.63) is 23.7 Å². The first-order valence-corrected chi connectivity index (χ1v) is 5.15. The van der Waals surface area contributed by atoms with Gasteiger partial charge < -0.3 is 4.42 Å². The van der Waals surface area contributed by atoms with E-state index in [0.29, 0.717) is 11.8 Å². The predicted molar refractivity (Wildman–Crippen MR) is 55.8 cm³/mol. The molecule has 0 spiro atoms. The Morgan fingerprint density at radius 1 is 0.923 bits per heavy atom. The Hall–Kier alpha value is -0.720. The number of rotatable bonds is 4. The maximum atomic E-state index is 5.71. The van der Waals surface area contributed by atoms with E-state index in [-0.39, 0.29) is 0 Å². The van der Waals surface area contributed by atoms with Crippen molar-refractivity contribution < 1.29 is 4.42 Å². The largest absolute Gasteiger partial charge is 0.466 e. The Labute approximate surface area is 81.1 Å². The van der Waals surface area contributed by atoms with Crippen molar-refractivity contribution in [3.8, 4) is 0 Å². The van der Waals surface area contributed by atoms with E-state index in [1.807, 2.05) is 0 Å². The average Bonchev–Trinajstić information content (AvgIpc) is 2.33. The smallest absolute Gasteiger partial charge is 0.104 e. The molecule has 0 fully saturated rings. The Morgan fingerprint density at radius 3 is 1.62 bits per heavy atom. The van der Waals surface area contributed by atoms with Crippen molar-refractivity contribution in [1.29, 1.82) is 0 Å². The number of hydrogen-bond acceptors (Lipinski definition) is 1. The summed E-state index contributed by atoms with van der Waals surface area (Å²) >= 11 is 0. The quantitative estimate of drug-likeness (QED) is 0.689. The van der Waals surface area contributed by atoms with Crippen LogP contribution in [0.4, 0.5) is 0 Å². The molecule has 13 heavy (non-hydrogen) atoms. The van der Waals surface area contributed by atoms with Crippen LogP contribution in [-0.2, 0) is 12.8 Å². The van der Waals surface area contributed by atoms with Crippen molar-refractivity contribution in [1.82, 2.24) is 0 Å². The van der Waals surface area contributed by atoms with E-state index in [4.69, 9.17) is 4.42 Å². The summed E-state index contributed by atoms with van der Waals surface area (Å²) in [4.78, 5) is 0. The van der Waals surface area contributed by atoms with Crippen LogP contribution in [0.15, 0.2) is 16.5 Å². The van der Waals surface area contributed by atoms with E-state index >= 15 is 0 Å². The van der Waals surface area contributed by atoms with Crippen LogP contribution in [0, 0.1) is 11.8 Å². The van der Waals surface area contributed by atoms with Crippen LogP contribution in [0.3, 0.4) is 0 Å². The summed E-state index contributed by atoms with van der Waals surface area (Å²) in [5.41, 5.74) is 0. The molecule has 0 atom stereocenters. The van der Waals surface area contributed by atoms with E-state index in [0.717, 1.165) is 24.4 Å². The fourth-order valence-electron chi connectivity index (χ4n) is 1.45. The molecule has 0 N–H and O–H groups in total. The molecule has 0 aliphatic heterocycles. The van der Waals surface area contributed by atoms with Crippen LogP contribution < -0.4 is 0 Å². The third kappa shape index (κ3) is 3.67. The van der Waals surface area contributed by atoms with Gasteiger partial charge in [0.25, 0.3) is 0 Å². The van der Waals surface area contributed by atoms with Gasteiger partial charge in [-0.15, -0.1) is 0 Å². The monoisotopic (exact) mass is 180 g/mol. The van der Waals surface area contributed by atoms with Gasteiger partial charge in [0.1, 0.15) is 11.5 Å². The van der Waals surface area contributed by atoms with Gasteiger partial charge in [-0.1, -0.05) is 27.7 Å². The summed E-state index contributed by atoms with van der Waals surface area (Å²) in [6.07, 6.45) is 2.11. The van der Waals surface area contributed by atoms with Gasteiger partial charge in [-0.3, -0.25) is 0 Å². The summed E-state index contributed by atoms with van der Waals surface area (Å²) in [5, 5.41) is 0. The van der Waals surface area contributed by atoms with Gasteiger partial charge in [0.2, 0.25) is 0 Å². The highest BCUT2D eigenvalue weighted by Gasteiger charge is 2.05. The zero-order chi connectivity index (χ0) is 9.84. The normalized spacial score (nSPS) is 11.5. The molecule has 0 bridgehead atoms. The standard InChI is InChI=1S/C12H20O/c1-9(2)7-11-5-6-12(13-11)8-10(3)4/h5-6,9-10H,7-8H2,1-4H3. The van der Waals surface area contributed by atoms with Gasteiger partial charge in [0.05, 0.1) is 0 Å². The van der Waals surface area contributed by atoms with E-state index < -0.39 is 0 Å². The van der Waals surface area contributed by atoms with Crippen molar-refractivity contribution in [3.63, 3.8) is 0 Å². The first-order chi connectivity index (χ1) is 6.08. The van der Waals surface area contributed by atoms with Crippen LogP contribution in [0.1, 0.15) is 39.2 Å². The van der Waals surface area contributed by atoms with Gasteiger partial charge in [-0.05, 0) is 24.0 Å². The molecule has 1 rings (SSSR count). The zero-order valence-electron chi connectivity index (χ0n) is 9.13. The van der Waals surface area contributed by atoms with E-state index in [2.05, 4.69) is 39.8 Å². The molecule has 0 saturated carbocycles. The lowest BCUT2D eigenvalue weighted by Gasteiger charge is -2.02. The van der Waals surface area contributed by atoms with Crippen molar-refractivity contribution >= 4 is 0 Å². The van der Waals surface area contributed by atoms with E-state index in [1.54, 1.807) is 0 Å². The van der Waals surface area contributed by atoms with Crippen molar-refractivity contribution in [2.45, 2.75) is 40.5 Å². The third-order valence-corrected chi connectivity index (χ3v) is 1.94. The summed E-state index contributed by atoms with van der Waals surface area (Å²) in [6.45, 7) is 8.85. The van der Waals surface area contributed by atoms with Gasteiger partial charge in [-0.25, -0.2) is 0 Å². The molecule has 1 aromatic rings. The summed E-state index contributed by atoms with van der Waals surface area (Å²) < 4.78 is 5.71. The second-order valence-corrected chi connectivity index (χ2v) is 4.56. The lowest BCUT2D eigenvalue weighted by molar-refractivity contribution is 0.421. The Kier molecular flexibility index (Phi) is 3.58. The fourth-order valence-corrected chi connectivity index (χ4v) is 1.45. The van der Waals surface area contributed by atoms with Gasteiger partial charge in [-0.2, -0.15) is 0 Å². The molecule has 1 heterocycles. The van der Waals surface area contributed by atoms with Gasteiger partial charge >= 0.3 is 0 Å². The summed E-state index contributed by atoms with van der Waals surface area (Å²) in [7, 11) is 0. The lowest BCUT2D eigenvalue weighted by Crippen LogP contribution is -1.93. The van der Waals surface area contributed by atoms with Crippen molar-refractivity contribution in [2.24, 2.45) is 11.8 Å². The first kappa shape index (κ1) is 10.4. The van der Waals surface area contributed by atoms with Crippen LogP contribution in [-0.4, -0.2) is 0 Å². The zero-order valence-corrected chi connectivity index (χ0v) is 9.13. The molecule has 0 unspecified atom stereocenters. The second kappa shape index (κ2) is 4.50. The second-order valence-electron chi connectivity index (χ2n) is 4.56. The highest BCUT2D eigenvalue weighted by atomic mass is 16.3. The molecular formula is C12H20O. The first-order valence-electron chi connectivity index (χ1n) is 5.15. The van der Waals surface area contributed by atoms with Crippen LogP contribution >= 0.6 is 0 Å². The molecule has 1 aromatic heterocycles. The van der Waals surface area contributed by atoms with Crippen LogP contribution in [0.2, 0.25) is 0 Å². The molecule has 0 saturated heterocycles. The third-order valence-electron chi connectivity index (χ3n) is 1.94. The molecule has 0 aliphatic carbocycles.